The van der Waals surface area contributed by atoms with Crippen molar-refractivity contribution < 1.29 is 4.79 Å². The highest BCUT2D eigenvalue weighted by Crippen LogP contribution is 2.44. The maximum absolute atomic E-state index is 11.5. The van der Waals surface area contributed by atoms with Crippen LogP contribution in [0.15, 0.2) is 72.9 Å². The van der Waals surface area contributed by atoms with Gasteiger partial charge >= 0.3 is 0 Å². The molecule has 1 amide bonds. The number of nitrogens with zero attached hydrogens (tertiary/aromatic N) is 3. The van der Waals surface area contributed by atoms with Crippen LogP contribution in [-0.2, 0) is 4.79 Å². The first-order valence-corrected chi connectivity index (χ1v) is 12.9. The first kappa shape index (κ1) is 25.3. The molecule has 2 aromatic carbocycles. The molecule has 0 bridgehead atoms. The molecule has 0 spiro atoms. The van der Waals surface area contributed by atoms with Gasteiger partial charge in [-0.2, -0.15) is 0 Å². The number of aromatic nitrogens is 2. The molecule has 5 rings (SSSR count). The second-order valence-corrected chi connectivity index (χ2v) is 10.2. The Morgan fingerprint density at radius 3 is 2.46 bits per heavy atom. The Morgan fingerprint density at radius 1 is 1.05 bits per heavy atom. The number of amides is 1. The summed E-state index contributed by atoms with van der Waals surface area (Å²) < 4.78 is 2.14. The molecule has 0 saturated carbocycles. The van der Waals surface area contributed by atoms with E-state index in [0.29, 0.717) is 15.2 Å². The molecular formula is C28H25Cl2N5OS. The lowest BCUT2D eigenvalue weighted by molar-refractivity contribution is -0.114. The Balaban J connectivity index is 1.64. The zero-order valence-corrected chi connectivity index (χ0v) is 22.8. The molecular weight excluding hydrogens is 525 g/mol. The molecule has 0 aliphatic carbocycles. The number of nitrogens with one attached hydrogen (secondary N) is 2. The number of carbonyl (C=O) groups is 1. The molecule has 2 atom stereocenters. The van der Waals surface area contributed by atoms with E-state index in [2.05, 4.69) is 45.0 Å². The molecule has 188 valence electrons. The topological polar surface area (TPSA) is 62.2 Å². The van der Waals surface area contributed by atoms with E-state index in [0.717, 1.165) is 39.7 Å². The van der Waals surface area contributed by atoms with Gasteiger partial charge in [0.1, 0.15) is 0 Å². The van der Waals surface area contributed by atoms with Crippen LogP contribution in [-0.4, -0.2) is 20.6 Å². The molecule has 1 fully saturated rings. The minimum Gasteiger partial charge on any atom is -0.351 e. The molecule has 1 saturated heterocycles. The summed E-state index contributed by atoms with van der Waals surface area (Å²) in [5.41, 5.74) is 6.56. The summed E-state index contributed by atoms with van der Waals surface area (Å²) in [6.07, 6.45) is 1.79. The van der Waals surface area contributed by atoms with Crippen molar-refractivity contribution in [3.8, 4) is 5.69 Å². The number of rotatable bonds is 5. The SMILES string of the molecule is CC(=O)Nc1ccc(N2C(=S)N[C@H](c3ccccn3)[C@H]2c2cc(C)n(-c3ccc(Cl)cc3Cl)c2C)cc1. The van der Waals surface area contributed by atoms with Crippen molar-refractivity contribution in [2.75, 3.05) is 10.2 Å². The fourth-order valence-corrected chi connectivity index (χ4v) is 5.82. The van der Waals surface area contributed by atoms with Crippen molar-refractivity contribution in [3.63, 3.8) is 0 Å². The fraction of sp³-hybridized carbons (Fsp3) is 0.179. The summed E-state index contributed by atoms with van der Waals surface area (Å²) in [7, 11) is 0. The van der Waals surface area contributed by atoms with Gasteiger partial charge in [0.25, 0.3) is 0 Å². The number of hydrogen-bond donors (Lipinski definition) is 2. The van der Waals surface area contributed by atoms with Crippen LogP contribution in [0.1, 0.15) is 41.7 Å². The lowest BCUT2D eigenvalue weighted by Crippen LogP contribution is -2.29. The van der Waals surface area contributed by atoms with Gasteiger partial charge in [-0.25, -0.2) is 0 Å². The van der Waals surface area contributed by atoms with Gasteiger partial charge in [-0.3, -0.25) is 9.78 Å². The molecule has 37 heavy (non-hydrogen) atoms. The average molecular weight is 551 g/mol. The first-order valence-electron chi connectivity index (χ1n) is 11.8. The summed E-state index contributed by atoms with van der Waals surface area (Å²) in [6, 6.07) is 20.9. The molecule has 9 heteroatoms. The Bertz CT molecular complexity index is 1490. The largest absolute Gasteiger partial charge is 0.351 e. The van der Waals surface area contributed by atoms with Crippen LogP contribution in [0, 0.1) is 13.8 Å². The summed E-state index contributed by atoms with van der Waals surface area (Å²) in [4.78, 5) is 18.3. The number of carbonyl (C=O) groups excluding carboxylic acids is 1. The highest BCUT2D eigenvalue weighted by molar-refractivity contribution is 7.80. The number of aryl methyl sites for hydroxylation is 1. The summed E-state index contributed by atoms with van der Waals surface area (Å²) in [5, 5.41) is 8.08. The molecule has 2 N–H and O–H groups in total. The molecule has 4 aromatic rings. The quantitative estimate of drug-likeness (QED) is 0.264. The van der Waals surface area contributed by atoms with Gasteiger partial charge in [-0.15, -0.1) is 0 Å². The second-order valence-electron chi connectivity index (χ2n) is 8.98. The van der Waals surface area contributed by atoms with Crippen LogP contribution in [0.25, 0.3) is 5.69 Å². The summed E-state index contributed by atoms with van der Waals surface area (Å²) in [6.45, 7) is 5.64. The normalized spacial score (nSPS) is 17.1. The molecule has 1 aliphatic rings. The van der Waals surface area contributed by atoms with E-state index in [9.17, 15) is 4.79 Å². The van der Waals surface area contributed by atoms with Crippen molar-refractivity contribution in [2.45, 2.75) is 32.9 Å². The minimum absolute atomic E-state index is 0.118. The van der Waals surface area contributed by atoms with Gasteiger partial charge < -0.3 is 20.1 Å². The molecule has 0 radical (unpaired) electrons. The van der Waals surface area contributed by atoms with Crippen molar-refractivity contribution in [2.24, 2.45) is 0 Å². The summed E-state index contributed by atoms with van der Waals surface area (Å²) >= 11 is 18.6. The van der Waals surface area contributed by atoms with Crippen molar-refractivity contribution in [3.05, 3.63) is 106 Å². The van der Waals surface area contributed by atoms with E-state index in [1.165, 1.54) is 6.92 Å². The van der Waals surface area contributed by atoms with E-state index in [4.69, 9.17) is 35.4 Å². The second kappa shape index (κ2) is 10.2. The standard InChI is InChI=1S/C28H25Cl2N5OS/c1-16-14-22(17(2)34(16)25-12-7-19(29)15-23(25)30)27-26(24-6-4-5-13-31-24)33-28(37)35(27)21-10-8-20(9-11-21)32-18(3)36/h4-15,26-27H,1-3H3,(H,32,36)(H,33,37)/t26-,27-/m1/s1. The van der Waals surface area contributed by atoms with Crippen molar-refractivity contribution in [1.29, 1.82) is 0 Å². The number of halogens is 2. The van der Waals surface area contributed by atoms with Crippen LogP contribution >= 0.6 is 35.4 Å². The smallest absolute Gasteiger partial charge is 0.221 e. The Hall–Kier alpha value is -3.39. The molecule has 2 aromatic heterocycles. The van der Waals surface area contributed by atoms with E-state index < -0.39 is 0 Å². The minimum atomic E-state index is -0.182. The average Bonchev–Trinajstić information content (AvgIpc) is 3.35. The zero-order valence-electron chi connectivity index (χ0n) is 20.5. The summed E-state index contributed by atoms with van der Waals surface area (Å²) in [5.74, 6) is -0.118. The highest BCUT2D eigenvalue weighted by Gasteiger charge is 2.42. The predicted molar refractivity (Wildman–Crippen MR) is 154 cm³/mol. The van der Waals surface area contributed by atoms with Crippen LogP contribution < -0.4 is 15.5 Å². The van der Waals surface area contributed by atoms with E-state index in [-0.39, 0.29) is 18.0 Å². The van der Waals surface area contributed by atoms with Crippen LogP contribution in [0.4, 0.5) is 11.4 Å². The van der Waals surface area contributed by atoms with E-state index in [1.807, 2.05) is 54.6 Å². The first-order chi connectivity index (χ1) is 17.7. The zero-order chi connectivity index (χ0) is 26.3. The van der Waals surface area contributed by atoms with Crippen LogP contribution in [0.2, 0.25) is 10.0 Å². The van der Waals surface area contributed by atoms with Gasteiger partial charge in [0.05, 0.1) is 28.5 Å². The number of thiocarbonyl (C=S) groups is 1. The van der Waals surface area contributed by atoms with Gasteiger partial charge in [-0.05, 0) is 92.3 Å². The third-order valence-electron chi connectivity index (χ3n) is 6.50. The van der Waals surface area contributed by atoms with Gasteiger partial charge in [0, 0.05) is 40.9 Å². The van der Waals surface area contributed by atoms with Crippen LogP contribution in [0.5, 0.6) is 0 Å². The number of pyridine rings is 1. The Kier molecular flexibility index (Phi) is 6.94. The maximum Gasteiger partial charge on any atom is 0.221 e. The number of benzene rings is 2. The third kappa shape index (κ3) is 4.82. The molecule has 0 unspecified atom stereocenters. The van der Waals surface area contributed by atoms with E-state index >= 15 is 0 Å². The van der Waals surface area contributed by atoms with E-state index in [1.54, 1.807) is 12.3 Å². The molecule has 1 aliphatic heterocycles. The maximum atomic E-state index is 11.5. The molecule has 3 heterocycles. The predicted octanol–water partition coefficient (Wildman–Crippen LogP) is 6.93. The fourth-order valence-electron chi connectivity index (χ4n) is 4.98. The Morgan fingerprint density at radius 2 is 1.81 bits per heavy atom. The van der Waals surface area contributed by atoms with Crippen molar-refractivity contribution in [1.82, 2.24) is 14.9 Å². The highest BCUT2D eigenvalue weighted by atomic mass is 35.5. The Labute approximate surface area is 231 Å². The number of anilines is 2. The number of hydrogen-bond acceptors (Lipinski definition) is 3. The lowest BCUT2D eigenvalue weighted by atomic mass is 9.96. The van der Waals surface area contributed by atoms with Crippen molar-refractivity contribution >= 4 is 57.8 Å². The molecule has 6 nitrogen and oxygen atoms in total. The lowest BCUT2D eigenvalue weighted by Gasteiger charge is -2.28. The van der Waals surface area contributed by atoms with Crippen LogP contribution in [0.3, 0.4) is 0 Å². The van der Waals surface area contributed by atoms with Gasteiger partial charge in [-0.1, -0.05) is 29.3 Å². The monoisotopic (exact) mass is 549 g/mol. The van der Waals surface area contributed by atoms with Gasteiger partial charge in [0.15, 0.2) is 5.11 Å². The van der Waals surface area contributed by atoms with Gasteiger partial charge in [0.2, 0.25) is 5.91 Å². The third-order valence-corrected chi connectivity index (χ3v) is 7.36.